The molecule has 23 heavy (non-hydrogen) atoms. The summed E-state index contributed by atoms with van der Waals surface area (Å²) in [5, 5.41) is 10.7. The van der Waals surface area contributed by atoms with Gasteiger partial charge in [0.25, 0.3) is 0 Å². The molecule has 1 aromatic heterocycles. The summed E-state index contributed by atoms with van der Waals surface area (Å²) in [4.78, 5) is 13.1. The zero-order chi connectivity index (χ0) is 16.7. The van der Waals surface area contributed by atoms with Crippen molar-refractivity contribution >= 4 is 77.9 Å². The minimum Gasteiger partial charge on any atom is -0.506 e. The molecule has 0 amide bonds. The van der Waals surface area contributed by atoms with Gasteiger partial charge < -0.3 is 9.52 Å². The van der Waals surface area contributed by atoms with Gasteiger partial charge in [0, 0.05) is 21.8 Å². The van der Waals surface area contributed by atoms with Gasteiger partial charge in [0.15, 0.2) is 5.78 Å². The molecule has 0 fully saturated rings. The second-order valence-electron chi connectivity index (χ2n) is 5.01. The molecule has 0 saturated carbocycles. The van der Waals surface area contributed by atoms with E-state index in [1.165, 1.54) is 0 Å². The summed E-state index contributed by atoms with van der Waals surface area (Å²) in [6.45, 7) is 1.97. The van der Waals surface area contributed by atoms with Crippen LogP contribution in [0.25, 0.3) is 11.0 Å². The fourth-order valence-corrected chi connectivity index (χ4v) is 4.59. The van der Waals surface area contributed by atoms with Crippen LogP contribution in [0.5, 0.6) is 5.75 Å². The van der Waals surface area contributed by atoms with Gasteiger partial charge in [0.1, 0.15) is 17.1 Å². The van der Waals surface area contributed by atoms with Crippen LogP contribution in [-0.4, -0.2) is 10.9 Å². The molecule has 0 unspecified atom stereocenters. The van der Waals surface area contributed by atoms with Crippen molar-refractivity contribution < 1.29 is 14.3 Å². The van der Waals surface area contributed by atoms with Gasteiger partial charge in [-0.2, -0.15) is 0 Å². The maximum Gasteiger partial charge on any atom is 0.197 e. The number of phenols is 1. The highest BCUT2D eigenvalue weighted by molar-refractivity contribution is 14.1. The number of rotatable bonds is 3. The molecule has 0 atom stereocenters. The highest BCUT2D eigenvalue weighted by atomic mass is 127. The normalized spacial score (nSPS) is 11.1. The first kappa shape index (κ1) is 17.2. The number of halogens is 3. The zero-order valence-electron chi connectivity index (χ0n) is 12.0. The van der Waals surface area contributed by atoms with Crippen molar-refractivity contribution in [1.29, 1.82) is 0 Å². The monoisotopic (exact) mass is 596 g/mol. The first-order valence-electron chi connectivity index (χ1n) is 6.86. The van der Waals surface area contributed by atoms with Gasteiger partial charge in [-0.15, -0.1) is 0 Å². The number of benzene rings is 2. The zero-order valence-corrected chi connectivity index (χ0v) is 17.9. The minimum absolute atomic E-state index is 0.0884. The van der Waals surface area contributed by atoms with E-state index in [9.17, 15) is 9.90 Å². The maximum absolute atomic E-state index is 13.1. The van der Waals surface area contributed by atoms with Gasteiger partial charge >= 0.3 is 0 Å². The fourth-order valence-electron chi connectivity index (χ4n) is 2.46. The first-order valence-corrected chi connectivity index (χ1v) is 9.81. The highest BCUT2D eigenvalue weighted by Gasteiger charge is 2.22. The molecule has 6 heteroatoms. The molecule has 0 spiro atoms. The third-order valence-corrected chi connectivity index (χ3v) is 5.69. The topological polar surface area (TPSA) is 50.4 Å². The van der Waals surface area contributed by atoms with Gasteiger partial charge in [0.2, 0.25) is 0 Å². The minimum atomic E-state index is -0.0884. The predicted octanol–water partition coefficient (Wildman–Crippen LogP) is 5.90. The van der Waals surface area contributed by atoms with Crippen molar-refractivity contribution in [1.82, 2.24) is 0 Å². The first-order chi connectivity index (χ1) is 10.9. The molecule has 3 rings (SSSR count). The largest absolute Gasteiger partial charge is 0.506 e. The lowest BCUT2D eigenvalue weighted by atomic mass is 9.99. The van der Waals surface area contributed by atoms with E-state index in [4.69, 9.17) is 4.42 Å². The summed E-state index contributed by atoms with van der Waals surface area (Å²) in [6, 6.07) is 9.07. The van der Waals surface area contributed by atoms with E-state index in [0.29, 0.717) is 36.0 Å². The average molecular weight is 597 g/mol. The van der Waals surface area contributed by atoms with Crippen LogP contribution >= 0.6 is 61.1 Å². The van der Waals surface area contributed by atoms with Crippen LogP contribution in [-0.2, 0) is 6.42 Å². The average Bonchev–Trinajstić information content (AvgIpc) is 2.89. The number of furan rings is 1. The fraction of sp³-hybridized carbons (Fsp3) is 0.118. The molecule has 0 saturated heterocycles. The lowest BCUT2D eigenvalue weighted by Gasteiger charge is -2.06. The summed E-state index contributed by atoms with van der Waals surface area (Å²) in [5.41, 5.74) is 1.85. The van der Waals surface area contributed by atoms with Gasteiger partial charge in [-0.05, 0) is 75.5 Å². The third kappa shape index (κ3) is 3.17. The molecule has 0 radical (unpaired) electrons. The van der Waals surface area contributed by atoms with E-state index in [-0.39, 0.29) is 11.5 Å². The Morgan fingerprint density at radius 2 is 1.87 bits per heavy atom. The van der Waals surface area contributed by atoms with Crippen molar-refractivity contribution in [2.75, 3.05) is 0 Å². The van der Waals surface area contributed by atoms with E-state index >= 15 is 0 Å². The molecular formula is C17H11BrI2O3. The molecule has 0 bridgehead atoms. The lowest BCUT2D eigenvalue weighted by molar-refractivity contribution is 0.103. The molecule has 118 valence electrons. The highest BCUT2D eigenvalue weighted by Crippen LogP contribution is 2.33. The number of phenolic OH excluding ortho intramolecular Hbond substituents is 1. The molecule has 3 nitrogen and oxygen atoms in total. The van der Waals surface area contributed by atoms with Gasteiger partial charge in [-0.3, -0.25) is 4.79 Å². The number of ketones is 1. The molecule has 2 aromatic carbocycles. The Morgan fingerprint density at radius 1 is 1.22 bits per heavy atom. The molecule has 3 aromatic rings. The summed E-state index contributed by atoms with van der Waals surface area (Å²) in [6.07, 6.45) is 0.639. The molecular weight excluding hydrogens is 586 g/mol. The quantitative estimate of drug-likeness (QED) is 0.302. The van der Waals surface area contributed by atoms with E-state index < -0.39 is 0 Å². The standard InChI is InChI=1S/C17H11BrI2O3/c1-2-13-15(10-7-9(18)3-4-14(10)23-13)16(21)8-5-11(19)17(22)12(20)6-8/h3-7,22H,2H2,1H3. The summed E-state index contributed by atoms with van der Waals surface area (Å²) in [5.74, 6) is 0.800. The molecule has 0 aliphatic rings. The van der Waals surface area contributed by atoms with E-state index in [0.717, 1.165) is 9.86 Å². The van der Waals surface area contributed by atoms with Crippen LogP contribution in [0.2, 0.25) is 0 Å². The second kappa shape index (κ2) is 6.72. The molecule has 0 aliphatic carbocycles. The van der Waals surface area contributed by atoms with E-state index in [1.807, 2.05) is 70.3 Å². The van der Waals surface area contributed by atoms with Crippen LogP contribution in [0, 0.1) is 7.14 Å². The molecule has 0 aliphatic heterocycles. The Balaban J connectivity index is 2.23. The van der Waals surface area contributed by atoms with E-state index in [2.05, 4.69) is 15.9 Å². The van der Waals surface area contributed by atoms with Crippen LogP contribution in [0.1, 0.15) is 28.6 Å². The summed E-state index contributed by atoms with van der Waals surface area (Å²) >= 11 is 7.51. The molecule has 1 N–H and O–H groups in total. The van der Waals surface area contributed by atoms with Crippen molar-refractivity contribution in [2.24, 2.45) is 0 Å². The Morgan fingerprint density at radius 3 is 2.48 bits per heavy atom. The van der Waals surface area contributed by atoms with Gasteiger partial charge in [-0.1, -0.05) is 22.9 Å². The number of aryl methyl sites for hydroxylation is 1. The van der Waals surface area contributed by atoms with Crippen molar-refractivity contribution in [3.63, 3.8) is 0 Å². The maximum atomic E-state index is 13.1. The number of carbonyl (C=O) groups is 1. The SMILES string of the molecule is CCc1oc2ccc(Br)cc2c1C(=O)c1cc(I)c(O)c(I)c1. The lowest BCUT2D eigenvalue weighted by Crippen LogP contribution is -2.04. The van der Waals surface area contributed by atoms with Crippen molar-refractivity contribution in [3.8, 4) is 5.75 Å². The van der Waals surface area contributed by atoms with Crippen molar-refractivity contribution in [2.45, 2.75) is 13.3 Å². The Labute approximate surface area is 168 Å². The van der Waals surface area contributed by atoms with Crippen LogP contribution in [0.4, 0.5) is 0 Å². The van der Waals surface area contributed by atoms with Crippen LogP contribution < -0.4 is 0 Å². The van der Waals surface area contributed by atoms with Crippen LogP contribution in [0.3, 0.4) is 0 Å². The summed E-state index contributed by atoms with van der Waals surface area (Å²) < 4.78 is 8.05. The molecule has 1 heterocycles. The number of fused-ring (bicyclic) bond motifs is 1. The van der Waals surface area contributed by atoms with E-state index in [1.54, 1.807) is 12.1 Å². The Hall–Kier alpha value is -0.610. The number of aromatic hydroxyl groups is 1. The Bertz CT molecular complexity index is 908. The van der Waals surface area contributed by atoms with Gasteiger partial charge in [0.05, 0.1) is 12.7 Å². The van der Waals surface area contributed by atoms with Crippen LogP contribution in [0.15, 0.2) is 39.2 Å². The van der Waals surface area contributed by atoms with Crippen molar-refractivity contribution in [3.05, 3.63) is 58.8 Å². The number of hydrogen-bond donors (Lipinski definition) is 1. The predicted molar refractivity (Wildman–Crippen MR) is 110 cm³/mol. The summed E-state index contributed by atoms with van der Waals surface area (Å²) in [7, 11) is 0. The second-order valence-corrected chi connectivity index (χ2v) is 8.25. The number of carbonyl (C=O) groups excluding carboxylic acids is 1. The van der Waals surface area contributed by atoms with Gasteiger partial charge in [-0.25, -0.2) is 0 Å². The Kier molecular flexibility index (Phi) is 5.03. The smallest absolute Gasteiger partial charge is 0.197 e. The number of hydrogen-bond acceptors (Lipinski definition) is 3. The third-order valence-electron chi connectivity index (χ3n) is 3.55.